The lowest BCUT2D eigenvalue weighted by Gasteiger charge is -2.28. The molecule has 1 atom stereocenters. The summed E-state index contributed by atoms with van der Waals surface area (Å²) in [7, 11) is 0. The first-order chi connectivity index (χ1) is 9.33. The van der Waals surface area contributed by atoms with Crippen LogP contribution in [0.15, 0.2) is 12.4 Å². The second-order valence-corrected chi connectivity index (χ2v) is 5.92. The van der Waals surface area contributed by atoms with E-state index in [1.807, 2.05) is 12.4 Å². The van der Waals surface area contributed by atoms with E-state index in [1.54, 1.807) is 0 Å². The molecule has 1 saturated carbocycles. The molecule has 0 bridgehead atoms. The Morgan fingerprint density at radius 2 is 2.11 bits per heavy atom. The Kier molecular flexibility index (Phi) is 3.97. The Morgan fingerprint density at radius 3 is 2.95 bits per heavy atom. The van der Waals surface area contributed by atoms with Crippen LogP contribution in [-0.4, -0.2) is 28.6 Å². The van der Waals surface area contributed by atoms with Gasteiger partial charge in [-0.05, 0) is 32.6 Å². The summed E-state index contributed by atoms with van der Waals surface area (Å²) < 4.78 is 0. The quantitative estimate of drug-likeness (QED) is 0.903. The maximum Gasteiger partial charge on any atom is 0.147 e. The molecule has 0 amide bonds. The highest BCUT2D eigenvalue weighted by molar-refractivity contribution is 5.37. The Bertz CT molecular complexity index is 416. The Morgan fingerprint density at radius 1 is 1.21 bits per heavy atom. The van der Waals surface area contributed by atoms with Gasteiger partial charge in [-0.3, -0.25) is 4.98 Å². The Hall–Kier alpha value is -1.16. The van der Waals surface area contributed by atoms with E-state index in [-0.39, 0.29) is 0 Å². The third-order valence-corrected chi connectivity index (χ3v) is 4.17. The third kappa shape index (κ3) is 3.44. The Labute approximate surface area is 115 Å². The number of hydrogen-bond donors (Lipinski definition) is 1. The number of nitrogens with zero attached hydrogens (tertiary/aromatic N) is 3. The molecule has 1 saturated heterocycles. The van der Waals surface area contributed by atoms with Crippen LogP contribution in [0.5, 0.6) is 0 Å². The van der Waals surface area contributed by atoms with Gasteiger partial charge in [0, 0.05) is 31.4 Å². The van der Waals surface area contributed by atoms with Crippen LogP contribution in [0.2, 0.25) is 0 Å². The van der Waals surface area contributed by atoms with Crippen LogP contribution in [0.3, 0.4) is 0 Å². The van der Waals surface area contributed by atoms with Gasteiger partial charge in [0.2, 0.25) is 0 Å². The largest absolute Gasteiger partial charge is 0.353 e. The molecule has 4 nitrogen and oxygen atoms in total. The molecule has 1 N–H and O–H groups in total. The molecule has 0 spiro atoms. The molecule has 2 aliphatic rings. The molecule has 4 heteroatoms. The van der Waals surface area contributed by atoms with Crippen LogP contribution in [0.1, 0.15) is 51.1 Å². The van der Waals surface area contributed by atoms with Crippen molar-refractivity contribution in [3.63, 3.8) is 0 Å². The predicted octanol–water partition coefficient (Wildman–Crippen LogP) is 2.50. The molecular weight excluding hydrogens is 236 g/mol. The monoisotopic (exact) mass is 260 g/mol. The zero-order chi connectivity index (χ0) is 13.1. The summed E-state index contributed by atoms with van der Waals surface area (Å²) in [6.07, 6.45) is 11.7. The zero-order valence-electron chi connectivity index (χ0n) is 11.8. The van der Waals surface area contributed by atoms with Gasteiger partial charge in [0.05, 0.1) is 11.9 Å². The molecule has 0 aromatic carbocycles. The van der Waals surface area contributed by atoms with Crippen molar-refractivity contribution < 1.29 is 0 Å². The lowest BCUT2D eigenvalue weighted by molar-refractivity contribution is 0.606. The summed E-state index contributed by atoms with van der Waals surface area (Å²) in [5.74, 6) is 1.06. The fourth-order valence-corrected chi connectivity index (χ4v) is 2.77. The molecular formula is C15H24N4. The van der Waals surface area contributed by atoms with Crippen molar-refractivity contribution in [3.8, 4) is 0 Å². The average Bonchev–Trinajstić information content (AvgIpc) is 3.24. The second-order valence-electron chi connectivity index (χ2n) is 5.92. The molecule has 19 heavy (non-hydrogen) atoms. The van der Waals surface area contributed by atoms with Crippen LogP contribution >= 0.6 is 0 Å². The molecule has 104 valence electrons. The first-order valence-corrected chi connectivity index (χ1v) is 7.64. The predicted molar refractivity (Wildman–Crippen MR) is 77.2 cm³/mol. The minimum Gasteiger partial charge on any atom is -0.353 e. The minimum atomic E-state index is 0.587. The van der Waals surface area contributed by atoms with Gasteiger partial charge in [-0.1, -0.05) is 12.8 Å². The van der Waals surface area contributed by atoms with E-state index in [9.17, 15) is 0 Å². The lowest BCUT2D eigenvalue weighted by atomic mass is 10.1. The molecule has 0 radical (unpaired) electrons. The lowest BCUT2D eigenvalue weighted by Crippen LogP contribution is -2.33. The Balaban J connectivity index is 1.69. The minimum absolute atomic E-state index is 0.587. The van der Waals surface area contributed by atoms with Crippen molar-refractivity contribution in [1.29, 1.82) is 0 Å². The van der Waals surface area contributed by atoms with Gasteiger partial charge in [-0.15, -0.1) is 0 Å². The van der Waals surface area contributed by atoms with E-state index in [4.69, 9.17) is 4.98 Å². The fourth-order valence-electron chi connectivity index (χ4n) is 2.77. The van der Waals surface area contributed by atoms with Crippen LogP contribution in [0.4, 0.5) is 5.82 Å². The van der Waals surface area contributed by atoms with Crippen LogP contribution in [0.25, 0.3) is 0 Å². The molecule has 1 aromatic heterocycles. The summed E-state index contributed by atoms with van der Waals surface area (Å²) >= 11 is 0. The molecule has 2 fully saturated rings. The van der Waals surface area contributed by atoms with Gasteiger partial charge in [-0.25, -0.2) is 4.98 Å². The SMILES string of the molecule is CC1CCCCCN1c1cncc(CNC2CC2)n1. The van der Waals surface area contributed by atoms with Crippen molar-refractivity contribution in [2.75, 3.05) is 11.4 Å². The van der Waals surface area contributed by atoms with Crippen LogP contribution < -0.4 is 10.2 Å². The fraction of sp³-hybridized carbons (Fsp3) is 0.733. The maximum atomic E-state index is 4.79. The van der Waals surface area contributed by atoms with Gasteiger partial charge in [0.25, 0.3) is 0 Å². The highest BCUT2D eigenvalue weighted by Crippen LogP contribution is 2.22. The first-order valence-electron chi connectivity index (χ1n) is 7.64. The topological polar surface area (TPSA) is 41.1 Å². The van der Waals surface area contributed by atoms with Crippen molar-refractivity contribution in [3.05, 3.63) is 18.1 Å². The highest BCUT2D eigenvalue weighted by atomic mass is 15.2. The van der Waals surface area contributed by atoms with Gasteiger partial charge in [0.15, 0.2) is 0 Å². The molecule has 1 aliphatic carbocycles. The summed E-state index contributed by atoms with van der Waals surface area (Å²) in [5.41, 5.74) is 1.07. The van der Waals surface area contributed by atoms with Crippen molar-refractivity contribution in [2.24, 2.45) is 0 Å². The number of rotatable bonds is 4. The number of aromatic nitrogens is 2. The van der Waals surface area contributed by atoms with Gasteiger partial charge in [0.1, 0.15) is 5.82 Å². The normalized spacial score (nSPS) is 24.3. The molecule has 3 rings (SSSR count). The molecule has 1 unspecified atom stereocenters. The summed E-state index contributed by atoms with van der Waals surface area (Å²) in [6.45, 7) is 4.28. The standard InChI is InChI=1S/C15H24N4/c1-12-5-3-2-4-8-19(12)15-11-16-9-14(18-15)10-17-13-6-7-13/h9,11-13,17H,2-8,10H2,1H3. The van der Waals surface area contributed by atoms with E-state index in [1.165, 1.54) is 38.5 Å². The van der Waals surface area contributed by atoms with E-state index >= 15 is 0 Å². The van der Waals surface area contributed by atoms with Gasteiger partial charge >= 0.3 is 0 Å². The van der Waals surface area contributed by atoms with Crippen molar-refractivity contribution >= 4 is 5.82 Å². The van der Waals surface area contributed by atoms with Crippen molar-refractivity contribution in [1.82, 2.24) is 15.3 Å². The van der Waals surface area contributed by atoms with Crippen molar-refractivity contribution in [2.45, 2.75) is 64.1 Å². The van der Waals surface area contributed by atoms with Gasteiger partial charge < -0.3 is 10.2 Å². The number of hydrogen-bond acceptors (Lipinski definition) is 4. The maximum absolute atomic E-state index is 4.79. The summed E-state index contributed by atoms with van der Waals surface area (Å²) in [6, 6.07) is 1.31. The third-order valence-electron chi connectivity index (χ3n) is 4.17. The molecule has 1 aromatic rings. The molecule has 2 heterocycles. The number of nitrogens with one attached hydrogen (secondary N) is 1. The summed E-state index contributed by atoms with van der Waals surface area (Å²) in [4.78, 5) is 11.6. The van der Waals surface area contributed by atoms with Gasteiger partial charge in [-0.2, -0.15) is 0 Å². The van der Waals surface area contributed by atoms with E-state index in [0.29, 0.717) is 6.04 Å². The highest BCUT2D eigenvalue weighted by Gasteiger charge is 2.21. The van der Waals surface area contributed by atoms with Crippen LogP contribution in [-0.2, 0) is 6.54 Å². The van der Waals surface area contributed by atoms with E-state index in [2.05, 4.69) is 22.1 Å². The zero-order valence-corrected chi connectivity index (χ0v) is 11.8. The van der Waals surface area contributed by atoms with E-state index in [0.717, 1.165) is 30.6 Å². The van der Waals surface area contributed by atoms with Crippen LogP contribution in [0, 0.1) is 0 Å². The summed E-state index contributed by atoms with van der Waals surface area (Å²) in [5, 5.41) is 3.51. The van der Waals surface area contributed by atoms with E-state index < -0.39 is 0 Å². The smallest absolute Gasteiger partial charge is 0.147 e. The average molecular weight is 260 g/mol. The second kappa shape index (κ2) is 5.87. The number of anilines is 1. The first kappa shape index (κ1) is 12.9. The molecule has 1 aliphatic heterocycles.